The molecule has 0 radical (unpaired) electrons. The largest absolute Gasteiger partial charge is 0.478 e. The van der Waals surface area contributed by atoms with Crippen molar-refractivity contribution in [3.8, 4) is 5.75 Å². The average molecular weight is 472 g/mol. The summed E-state index contributed by atoms with van der Waals surface area (Å²) in [5, 5.41) is 2.82. The van der Waals surface area contributed by atoms with Crippen LogP contribution in [0.2, 0.25) is 0 Å². The Kier molecular flexibility index (Phi) is 5.19. The van der Waals surface area contributed by atoms with Gasteiger partial charge in [-0.05, 0) is 59.0 Å². The smallest absolute Gasteiger partial charge is 0.265 e. The topological polar surface area (TPSA) is 75.7 Å². The summed E-state index contributed by atoms with van der Waals surface area (Å²) in [6.07, 6.45) is 0.639. The number of halogens is 1. The van der Waals surface area contributed by atoms with Crippen LogP contribution in [0.1, 0.15) is 6.42 Å². The van der Waals surface area contributed by atoms with Crippen LogP contribution in [0, 0.1) is 3.57 Å². The number of para-hydroxylation sites is 2. The van der Waals surface area contributed by atoms with Crippen LogP contribution in [0.4, 0.5) is 11.4 Å². The van der Waals surface area contributed by atoms with E-state index in [1.54, 1.807) is 24.3 Å². The Morgan fingerprint density at radius 3 is 2.56 bits per heavy atom. The zero-order valence-electron chi connectivity index (χ0n) is 13.5. The number of rotatable bonds is 3. The van der Waals surface area contributed by atoms with Crippen LogP contribution in [-0.2, 0) is 14.8 Å². The summed E-state index contributed by atoms with van der Waals surface area (Å²) in [6.45, 7) is 0.181. The van der Waals surface area contributed by atoms with Gasteiger partial charge in [-0.3, -0.25) is 9.10 Å². The highest BCUT2D eigenvalue weighted by Gasteiger charge is 2.30. The van der Waals surface area contributed by atoms with Crippen molar-refractivity contribution in [3.05, 3.63) is 52.1 Å². The Morgan fingerprint density at radius 2 is 1.88 bits per heavy atom. The molecule has 1 atom stereocenters. The van der Waals surface area contributed by atoms with Gasteiger partial charge in [0.2, 0.25) is 10.0 Å². The van der Waals surface area contributed by atoms with Gasteiger partial charge < -0.3 is 10.1 Å². The highest BCUT2D eigenvalue weighted by Crippen LogP contribution is 2.34. The Hall–Kier alpha value is -1.81. The molecule has 25 heavy (non-hydrogen) atoms. The van der Waals surface area contributed by atoms with Crippen LogP contribution in [0.15, 0.2) is 48.5 Å². The van der Waals surface area contributed by atoms with Crippen molar-refractivity contribution in [2.24, 2.45) is 0 Å². The molecule has 0 aromatic heterocycles. The summed E-state index contributed by atoms with van der Waals surface area (Å²) in [5.74, 6) is 0.0829. The lowest BCUT2D eigenvalue weighted by atomic mass is 10.2. The highest BCUT2D eigenvalue weighted by molar-refractivity contribution is 14.1. The van der Waals surface area contributed by atoms with Crippen LogP contribution >= 0.6 is 22.6 Å². The van der Waals surface area contributed by atoms with Gasteiger partial charge in [0.1, 0.15) is 5.75 Å². The second-order valence-electron chi connectivity index (χ2n) is 5.69. The van der Waals surface area contributed by atoms with Crippen molar-refractivity contribution in [3.63, 3.8) is 0 Å². The molecule has 132 valence electrons. The molecule has 0 fully saturated rings. The molecule has 2 aromatic carbocycles. The van der Waals surface area contributed by atoms with Crippen LogP contribution in [0.3, 0.4) is 0 Å². The minimum absolute atomic E-state index is 0.181. The second-order valence-corrected chi connectivity index (χ2v) is 8.85. The number of amides is 1. The van der Waals surface area contributed by atoms with Crippen LogP contribution in [0.5, 0.6) is 5.75 Å². The molecule has 8 heteroatoms. The number of fused-ring (bicyclic) bond motifs is 1. The fourth-order valence-electron chi connectivity index (χ4n) is 2.62. The lowest BCUT2D eigenvalue weighted by Gasteiger charge is -2.20. The number of hydrogen-bond donors (Lipinski definition) is 1. The molecule has 0 unspecified atom stereocenters. The quantitative estimate of drug-likeness (QED) is 0.698. The summed E-state index contributed by atoms with van der Waals surface area (Å²) in [6, 6.07) is 14.3. The van der Waals surface area contributed by atoms with Gasteiger partial charge in [0.25, 0.3) is 5.91 Å². The van der Waals surface area contributed by atoms with Gasteiger partial charge in [-0.15, -0.1) is 0 Å². The molecule has 6 nitrogen and oxygen atoms in total. The number of nitrogens with one attached hydrogen (secondary N) is 1. The van der Waals surface area contributed by atoms with Gasteiger partial charge in [0.15, 0.2) is 6.10 Å². The van der Waals surface area contributed by atoms with E-state index in [4.69, 9.17) is 4.74 Å². The van der Waals surface area contributed by atoms with Crippen molar-refractivity contribution in [2.75, 3.05) is 22.4 Å². The third-order valence-corrected chi connectivity index (χ3v) is 5.70. The van der Waals surface area contributed by atoms with E-state index in [-0.39, 0.29) is 18.9 Å². The van der Waals surface area contributed by atoms with Crippen molar-refractivity contribution in [1.82, 2.24) is 0 Å². The monoisotopic (exact) mass is 472 g/mol. The summed E-state index contributed by atoms with van der Waals surface area (Å²) < 4.78 is 32.3. The van der Waals surface area contributed by atoms with Crippen molar-refractivity contribution in [1.29, 1.82) is 0 Å². The Labute approximate surface area is 160 Å². The minimum Gasteiger partial charge on any atom is -0.478 e. The number of carbonyl (C=O) groups is 1. The van der Waals surface area contributed by atoms with E-state index in [0.717, 1.165) is 9.83 Å². The van der Waals surface area contributed by atoms with Crippen LogP contribution < -0.4 is 14.4 Å². The molecule has 2 aromatic rings. The predicted octanol–water partition coefficient (Wildman–Crippen LogP) is 2.85. The predicted molar refractivity (Wildman–Crippen MR) is 105 cm³/mol. The Balaban J connectivity index is 1.83. The third kappa shape index (κ3) is 4.24. The zero-order chi connectivity index (χ0) is 18.0. The van der Waals surface area contributed by atoms with E-state index in [0.29, 0.717) is 17.1 Å². The van der Waals surface area contributed by atoms with Crippen molar-refractivity contribution < 1.29 is 17.9 Å². The molecule has 0 bridgehead atoms. The maximum Gasteiger partial charge on any atom is 0.265 e. The molecule has 3 rings (SSSR count). The fourth-order valence-corrected chi connectivity index (χ4v) is 3.92. The first kappa shape index (κ1) is 18.0. The third-order valence-electron chi connectivity index (χ3n) is 3.80. The van der Waals surface area contributed by atoms with Gasteiger partial charge in [-0.25, -0.2) is 8.42 Å². The van der Waals surface area contributed by atoms with E-state index < -0.39 is 16.1 Å². The van der Waals surface area contributed by atoms with Crippen LogP contribution in [0.25, 0.3) is 0 Å². The van der Waals surface area contributed by atoms with E-state index in [1.807, 2.05) is 24.3 Å². The summed E-state index contributed by atoms with van der Waals surface area (Å²) in [5.41, 5.74) is 1.13. The lowest BCUT2D eigenvalue weighted by Crippen LogP contribution is -2.35. The minimum atomic E-state index is -3.45. The molecule has 0 saturated heterocycles. The Bertz CT molecular complexity index is 884. The fraction of sp³-hybridized carbons (Fsp3) is 0.235. The van der Waals surface area contributed by atoms with Crippen molar-refractivity contribution in [2.45, 2.75) is 12.5 Å². The molecule has 0 saturated carbocycles. The summed E-state index contributed by atoms with van der Waals surface area (Å²) in [4.78, 5) is 12.6. The number of anilines is 2. The highest BCUT2D eigenvalue weighted by atomic mass is 127. The number of carbonyl (C=O) groups excluding carboxylic acids is 1. The van der Waals surface area contributed by atoms with E-state index >= 15 is 0 Å². The second kappa shape index (κ2) is 7.20. The van der Waals surface area contributed by atoms with Gasteiger partial charge in [0, 0.05) is 22.2 Å². The number of hydrogen-bond acceptors (Lipinski definition) is 4. The van der Waals surface area contributed by atoms with E-state index in [9.17, 15) is 13.2 Å². The molecular weight excluding hydrogens is 455 g/mol. The SMILES string of the molecule is CS(=O)(=O)N1CC[C@H](C(=O)Nc2ccc(I)cc2)Oc2ccccc21. The van der Waals surface area contributed by atoms with E-state index in [2.05, 4.69) is 27.9 Å². The first-order valence-electron chi connectivity index (χ1n) is 7.64. The van der Waals surface area contributed by atoms with Crippen LogP contribution in [-0.4, -0.2) is 33.2 Å². The summed E-state index contributed by atoms with van der Waals surface area (Å²) >= 11 is 2.19. The standard InChI is InChI=1S/C17H17IN2O4S/c1-25(22,23)20-11-10-16(24-15-5-3-2-4-14(15)20)17(21)19-13-8-6-12(18)7-9-13/h2-9,16H,10-11H2,1H3,(H,19,21)/t16-/m1/s1. The summed E-state index contributed by atoms with van der Waals surface area (Å²) in [7, 11) is -3.45. The van der Waals surface area contributed by atoms with Crippen molar-refractivity contribution >= 4 is 49.9 Å². The van der Waals surface area contributed by atoms with Gasteiger partial charge in [0.05, 0.1) is 11.9 Å². The van der Waals surface area contributed by atoms with Gasteiger partial charge in [-0.1, -0.05) is 12.1 Å². The average Bonchev–Trinajstić information content (AvgIpc) is 2.76. The number of benzene rings is 2. The molecule has 1 heterocycles. The normalized spacial score (nSPS) is 17.2. The molecule has 1 N–H and O–H groups in total. The lowest BCUT2D eigenvalue weighted by molar-refractivity contribution is -0.122. The molecule has 1 amide bonds. The number of nitrogens with zero attached hydrogens (tertiary/aromatic N) is 1. The van der Waals surface area contributed by atoms with Gasteiger partial charge >= 0.3 is 0 Å². The van der Waals surface area contributed by atoms with Gasteiger partial charge in [-0.2, -0.15) is 0 Å². The molecule has 0 spiro atoms. The Morgan fingerprint density at radius 1 is 1.20 bits per heavy atom. The first-order valence-corrected chi connectivity index (χ1v) is 10.6. The molecule has 1 aliphatic rings. The first-order chi connectivity index (χ1) is 11.8. The zero-order valence-corrected chi connectivity index (χ0v) is 16.5. The number of ether oxygens (including phenoxy) is 1. The molecule has 1 aliphatic heterocycles. The maximum atomic E-state index is 12.6. The molecular formula is C17H17IN2O4S. The maximum absolute atomic E-state index is 12.6. The molecule has 0 aliphatic carbocycles. The number of sulfonamides is 1. The van der Waals surface area contributed by atoms with E-state index in [1.165, 1.54) is 4.31 Å².